The fraction of sp³-hybridized carbons (Fsp3) is 0.833. The van der Waals surface area contributed by atoms with Gasteiger partial charge in [-0.05, 0) is 26.7 Å². The summed E-state index contributed by atoms with van der Waals surface area (Å²) >= 11 is 1.18. The lowest BCUT2D eigenvalue weighted by atomic mass is 9.98. The fourth-order valence-corrected chi connectivity index (χ4v) is 2.05. The van der Waals surface area contributed by atoms with E-state index in [2.05, 4.69) is 0 Å². The van der Waals surface area contributed by atoms with Crippen LogP contribution in [0, 0.1) is 11.8 Å². The Balaban J connectivity index is 4.42. The summed E-state index contributed by atoms with van der Waals surface area (Å²) in [5.74, 6) is 0.258. The molecular weight excluding hydrogens is 224 g/mol. The highest BCUT2D eigenvalue weighted by atomic mass is 32.2. The summed E-state index contributed by atoms with van der Waals surface area (Å²) in [7, 11) is 0. The summed E-state index contributed by atoms with van der Waals surface area (Å²) in [6.45, 7) is 11.0. The molecule has 0 aliphatic carbocycles. The standard InChI is InChI=1S/C12H22O3S/c1-8(2)10(7-16-9(3)13)11(14)15-12(4,5)6/h8,10H,7H2,1-6H3. The van der Waals surface area contributed by atoms with Crippen molar-refractivity contribution in [3.05, 3.63) is 0 Å². The van der Waals surface area contributed by atoms with Crippen LogP contribution in [0.5, 0.6) is 0 Å². The van der Waals surface area contributed by atoms with E-state index < -0.39 is 5.60 Å². The summed E-state index contributed by atoms with van der Waals surface area (Å²) in [5, 5.41) is 0.0363. The lowest BCUT2D eigenvalue weighted by molar-refractivity contribution is -0.160. The van der Waals surface area contributed by atoms with Crippen molar-refractivity contribution in [3.8, 4) is 0 Å². The number of ether oxygens (including phenoxy) is 1. The molecule has 16 heavy (non-hydrogen) atoms. The van der Waals surface area contributed by atoms with Gasteiger partial charge < -0.3 is 4.74 Å². The maximum atomic E-state index is 11.9. The summed E-state index contributed by atoms with van der Waals surface area (Å²) in [6.07, 6.45) is 0. The predicted molar refractivity (Wildman–Crippen MR) is 67.3 cm³/mol. The van der Waals surface area contributed by atoms with Crippen molar-refractivity contribution in [2.75, 3.05) is 5.75 Å². The van der Waals surface area contributed by atoms with Crippen LogP contribution >= 0.6 is 11.8 Å². The number of rotatable bonds is 4. The van der Waals surface area contributed by atoms with E-state index in [4.69, 9.17) is 4.74 Å². The number of hydrogen-bond acceptors (Lipinski definition) is 4. The first-order valence-corrected chi connectivity index (χ1v) is 6.48. The van der Waals surface area contributed by atoms with Gasteiger partial charge >= 0.3 is 5.97 Å². The second kappa shape index (κ2) is 6.28. The van der Waals surface area contributed by atoms with E-state index in [9.17, 15) is 9.59 Å². The smallest absolute Gasteiger partial charge is 0.310 e. The van der Waals surface area contributed by atoms with Gasteiger partial charge in [-0.15, -0.1) is 0 Å². The molecule has 1 atom stereocenters. The van der Waals surface area contributed by atoms with Crippen molar-refractivity contribution >= 4 is 22.8 Å². The van der Waals surface area contributed by atoms with E-state index in [0.29, 0.717) is 5.75 Å². The zero-order chi connectivity index (χ0) is 12.9. The SMILES string of the molecule is CC(=O)SCC(C(=O)OC(C)(C)C)C(C)C. The molecule has 0 rings (SSSR count). The van der Waals surface area contributed by atoms with E-state index >= 15 is 0 Å². The van der Waals surface area contributed by atoms with Crippen LogP contribution in [0.2, 0.25) is 0 Å². The monoisotopic (exact) mass is 246 g/mol. The molecule has 0 aromatic heterocycles. The maximum Gasteiger partial charge on any atom is 0.310 e. The van der Waals surface area contributed by atoms with Crippen LogP contribution in [-0.4, -0.2) is 22.4 Å². The molecule has 0 saturated carbocycles. The Morgan fingerprint density at radius 1 is 1.25 bits per heavy atom. The van der Waals surface area contributed by atoms with E-state index in [1.165, 1.54) is 18.7 Å². The number of carbonyl (C=O) groups excluding carboxylic acids is 2. The Morgan fingerprint density at radius 2 is 1.75 bits per heavy atom. The van der Waals surface area contributed by atoms with E-state index in [-0.39, 0.29) is 22.9 Å². The minimum Gasteiger partial charge on any atom is -0.460 e. The normalized spacial score (nSPS) is 13.7. The van der Waals surface area contributed by atoms with Crippen molar-refractivity contribution in [2.24, 2.45) is 11.8 Å². The summed E-state index contributed by atoms with van der Waals surface area (Å²) in [5.41, 5.74) is -0.467. The molecule has 0 saturated heterocycles. The third kappa shape index (κ3) is 6.88. The zero-order valence-electron chi connectivity index (χ0n) is 11.0. The van der Waals surface area contributed by atoms with Crippen molar-refractivity contribution in [1.29, 1.82) is 0 Å². The van der Waals surface area contributed by atoms with Crippen LogP contribution in [0.4, 0.5) is 0 Å². The van der Waals surface area contributed by atoms with E-state index in [1.807, 2.05) is 34.6 Å². The van der Waals surface area contributed by atoms with Gasteiger partial charge in [0.1, 0.15) is 5.60 Å². The van der Waals surface area contributed by atoms with Gasteiger partial charge in [-0.3, -0.25) is 9.59 Å². The Kier molecular flexibility index (Phi) is 6.08. The highest BCUT2D eigenvalue weighted by molar-refractivity contribution is 8.13. The Bertz CT molecular complexity index is 253. The first-order chi connectivity index (χ1) is 7.13. The van der Waals surface area contributed by atoms with Crippen LogP contribution < -0.4 is 0 Å². The Hall–Kier alpha value is -0.510. The molecule has 0 spiro atoms. The van der Waals surface area contributed by atoms with Crippen molar-refractivity contribution in [1.82, 2.24) is 0 Å². The van der Waals surface area contributed by atoms with Gasteiger partial charge in [0.25, 0.3) is 0 Å². The molecule has 94 valence electrons. The second-order valence-corrected chi connectivity index (χ2v) is 6.38. The molecule has 0 N–H and O–H groups in total. The van der Waals surface area contributed by atoms with Gasteiger partial charge in [-0.2, -0.15) is 0 Å². The van der Waals surface area contributed by atoms with Gasteiger partial charge in [0.2, 0.25) is 0 Å². The maximum absolute atomic E-state index is 11.9. The molecule has 0 aromatic carbocycles. The molecule has 0 aliphatic heterocycles. The van der Waals surface area contributed by atoms with Crippen LogP contribution in [-0.2, 0) is 14.3 Å². The molecule has 0 aromatic rings. The highest BCUT2D eigenvalue weighted by Crippen LogP contribution is 2.22. The molecule has 3 nitrogen and oxygen atoms in total. The van der Waals surface area contributed by atoms with Gasteiger partial charge in [0.15, 0.2) is 5.12 Å². The predicted octanol–water partition coefficient (Wildman–Crippen LogP) is 2.88. The molecule has 1 unspecified atom stereocenters. The van der Waals surface area contributed by atoms with E-state index in [0.717, 1.165) is 0 Å². The van der Waals surface area contributed by atoms with Gasteiger partial charge in [-0.25, -0.2) is 0 Å². The quantitative estimate of drug-likeness (QED) is 0.715. The highest BCUT2D eigenvalue weighted by Gasteiger charge is 2.27. The molecule has 0 bridgehead atoms. The minimum atomic E-state index is -0.467. The van der Waals surface area contributed by atoms with Crippen LogP contribution in [0.15, 0.2) is 0 Å². The van der Waals surface area contributed by atoms with Crippen molar-refractivity contribution in [2.45, 2.75) is 47.1 Å². The molecule has 0 radical (unpaired) electrons. The lowest BCUT2D eigenvalue weighted by Crippen LogP contribution is -2.32. The number of hydrogen-bond donors (Lipinski definition) is 0. The van der Waals surface area contributed by atoms with Gasteiger partial charge in [0.05, 0.1) is 5.92 Å². The van der Waals surface area contributed by atoms with E-state index in [1.54, 1.807) is 0 Å². The second-order valence-electron chi connectivity index (χ2n) is 5.19. The average Bonchev–Trinajstić information content (AvgIpc) is 1.98. The summed E-state index contributed by atoms with van der Waals surface area (Å²) in [6, 6.07) is 0. The third-order valence-electron chi connectivity index (χ3n) is 1.98. The number of carbonyl (C=O) groups is 2. The average molecular weight is 246 g/mol. The Morgan fingerprint density at radius 3 is 2.06 bits per heavy atom. The molecule has 0 amide bonds. The zero-order valence-corrected chi connectivity index (χ0v) is 11.8. The molecule has 4 heteroatoms. The first-order valence-electron chi connectivity index (χ1n) is 5.49. The summed E-state index contributed by atoms with van der Waals surface area (Å²) < 4.78 is 5.33. The van der Waals surface area contributed by atoms with Crippen LogP contribution in [0.3, 0.4) is 0 Å². The van der Waals surface area contributed by atoms with Crippen LogP contribution in [0.1, 0.15) is 41.5 Å². The largest absolute Gasteiger partial charge is 0.460 e. The summed E-state index contributed by atoms with van der Waals surface area (Å²) in [4.78, 5) is 22.8. The first kappa shape index (κ1) is 15.5. The number of thioether (sulfide) groups is 1. The van der Waals surface area contributed by atoms with Crippen molar-refractivity contribution < 1.29 is 14.3 Å². The van der Waals surface area contributed by atoms with Crippen molar-refractivity contribution in [3.63, 3.8) is 0 Å². The third-order valence-corrected chi connectivity index (χ3v) is 2.91. The number of esters is 1. The van der Waals surface area contributed by atoms with Gasteiger partial charge in [0, 0.05) is 12.7 Å². The minimum absolute atomic E-state index is 0.0363. The molecule has 0 fully saturated rings. The molecule has 0 heterocycles. The molecule has 0 aliphatic rings. The fourth-order valence-electron chi connectivity index (χ4n) is 1.12. The topological polar surface area (TPSA) is 43.4 Å². The Labute approximate surface area is 102 Å². The lowest BCUT2D eigenvalue weighted by Gasteiger charge is -2.25. The molecular formula is C12H22O3S. The van der Waals surface area contributed by atoms with Crippen LogP contribution in [0.25, 0.3) is 0 Å². The van der Waals surface area contributed by atoms with Gasteiger partial charge in [-0.1, -0.05) is 25.6 Å².